The Kier molecular flexibility index (Phi) is 6.17. The molecule has 1 saturated heterocycles. The first-order chi connectivity index (χ1) is 20.4. The van der Waals surface area contributed by atoms with Gasteiger partial charge >= 0.3 is 0 Å². The fourth-order valence-electron chi connectivity index (χ4n) is 7.11. The number of anilines is 2. The van der Waals surface area contributed by atoms with Crippen molar-refractivity contribution in [3.05, 3.63) is 130 Å². The van der Waals surface area contributed by atoms with Gasteiger partial charge in [0.1, 0.15) is 17.2 Å². The smallest absolute Gasteiger partial charge is 0.238 e. The number of nitrogens with zero attached hydrogens (tertiary/aromatic N) is 1. The number of amides is 1. The number of hydrogen-bond donors (Lipinski definition) is 1. The quantitative estimate of drug-likeness (QED) is 0.252. The number of methoxy groups -OCH3 is 1. The molecule has 42 heavy (non-hydrogen) atoms. The highest BCUT2D eigenvalue weighted by molar-refractivity contribution is 9.10. The summed E-state index contributed by atoms with van der Waals surface area (Å²) in [5, 5.41) is 3.08. The van der Waals surface area contributed by atoms with E-state index >= 15 is 0 Å². The number of carbonyl (C=O) groups excluding carboxylic acids is 3. The van der Waals surface area contributed by atoms with E-state index in [-0.39, 0.29) is 17.5 Å². The van der Waals surface area contributed by atoms with Gasteiger partial charge in [0.15, 0.2) is 11.6 Å². The molecule has 1 fully saturated rings. The molecule has 0 radical (unpaired) electrons. The number of para-hydroxylation sites is 2. The van der Waals surface area contributed by atoms with Crippen molar-refractivity contribution in [2.24, 2.45) is 5.92 Å². The first kappa shape index (κ1) is 26.4. The van der Waals surface area contributed by atoms with E-state index in [1.807, 2.05) is 72.5 Å². The minimum Gasteiger partial charge on any atom is -0.497 e. The molecule has 0 unspecified atom stereocenters. The van der Waals surface area contributed by atoms with Crippen molar-refractivity contribution < 1.29 is 19.1 Å². The second-order valence-corrected chi connectivity index (χ2v) is 11.9. The van der Waals surface area contributed by atoms with E-state index in [0.29, 0.717) is 22.6 Å². The molecule has 1 N–H and O–H groups in total. The molecular weight excluding hydrogens is 592 g/mol. The van der Waals surface area contributed by atoms with Gasteiger partial charge in [0, 0.05) is 32.5 Å². The van der Waals surface area contributed by atoms with Gasteiger partial charge in [-0.3, -0.25) is 14.4 Å². The number of Topliss-reactive ketones (excluding diaryl/α,β-unsaturated/α-hetero) is 2. The van der Waals surface area contributed by atoms with Crippen LogP contribution in [0, 0.1) is 5.92 Å². The molecule has 1 spiro atoms. The van der Waals surface area contributed by atoms with Crippen molar-refractivity contribution in [3.8, 4) is 5.75 Å². The van der Waals surface area contributed by atoms with Crippen LogP contribution in [-0.4, -0.2) is 36.7 Å². The van der Waals surface area contributed by atoms with Crippen LogP contribution in [0.5, 0.6) is 5.75 Å². The van der Waals surface area contributed by atoms with E-state index in [9.17, 15) is 14.4 Å². The molecule has 0 bridgehead atoms. The van der Waals surface area contributed by atoms with Crippen molar-refractivity contribution in [1.29, 1.82) is 0 Å². The lowest BCUT2D eigenvalue weighted by molar-refractivity contribution is -0.121. The minimum atomic E-state index is -1.34. The number of ketones is 2. The Balaban J connectivity index is 1.53. The summed E-state index contributed by atoms with van der Waals surface area (Å²) in [7, 11) is 1.57. The number of fused-ring (bicyclic) bond motifs is 6. The van der Waals surface area contributed by atoms with E-state index in [2.05, 4.69) is 27.3 Å². The average molecular weight is 620 g/mol. The highest BCUT2D eigenvalue weighted by Gasteiger charge is 2.70. The molecule has 3 aliphatic heterocycles. The van der Waals surface area contributed by atoms with Gasteiger partial charge in [-0.05, 0) is 66.6 Å². The molecular formula is C35H27BrN2O4. The third kappa shape index (κ3) is 3.66. The number of hydrogen-bond acceptors (Lipinski definition) is 5. The lowest BCUT2D eigenvalue weighted by Crippen LogP contribution is -2.51. The number of halogens is 1. The normalized spacial score (nSPS) is 23.5. The van der Waals surface area contributed by atoms with Crippen molar-refractivity contribution in [1.82, 2.24) is 0 Å². The standard InChI is InChI=1S/C35H27BrN2O4/c1-20-19-29-35(26-8-4-5-9-27(26)37-34(35)41)30(32(39)21-11-15-23(36)16-12-21)31(38(29)28-10-6-3-7-25(20)28)33(40)22-13-17-24(42-2)18-14-22/h3-19,29-31H,1-2H3,(H,37,41)/t29-,30+,31+,35-/m1/s1. The summed E-state index contributed by atoms with van der Waals surface area (Å²) in [6, 6.07) is 27.9. The zero-order valence-corrected chi connectivity index (χ0v) is 24.6. The summed E-state index contributed by atoms with van der Waals surface area (Å²) < 4.78 is 6.17. The number of rotatable bonds is 5. The highest BCUT2D eigenvalue weighted by Crippen LogP contribution is 2.58. The lowest BCUT2D eigenvalue weighted by Gasteiger charge is -2.39. The molecule has 7 rings (SSSR count). The first-order valence-corrected chi connectivity index (χ1v) is 14.6. The summed E-state index contributed by atoms with van der Waals surface area (Å²) in [5.41, 5.74) is 3.74. The molecule has 0 saturated carbocycles. The van der Waals surface area contributed by atoms with Crippen LogP contribution < -0.4 is 15.0 Å². The molecule has 3 heterocycles. The third-order valence-electron chi connectivity index (χ3n) is 8.94. The largest absolute Gasteiger partial charge is 0.497 e. The number of nitrogens with one attached hydrogen (secondary N) is 1. The molecule has 0 aromatic heterocycles. The fourth-order valence-corrected chi connectivity index (χ4v) is 7.37. The van der Waals surface area contributed by atoms with Crippen LogP contribution in [0.4, 0.5) is 11.4 Å². The van der Waals surface area contributed by atoms with E-state index in [0.717, 1.165) is 26.9 Å². The van der Waals surface area contributed by atoms with Gasteiger partial charge in [-0.15, -0.1) is 0 Å². The second kappa shape index (κ2) is 9.81. The zero-order valence-electron chi connectivity index (χ0n) is 23.0. The van der Waals surface area contributed by atoms with Crippen LogP contribution in [0.15, 0.2) is 108 Å². The van der Waals surface area contributed by atoms with Crippen LogP contribution in [0.2, 0.25) is 0 Å². The van der Waals surface area contributed by atoms with Gasteiger partial charge < -0.3 is 15.0 Å². The lowest BCUT2D eigenvalue weighted by atomic mass is 9.64. The van der Waals surface area contributed by atoms with Gasteiger partial charge in [0.25, 0.3) is 0 Å². The Hall–Kier alpha value is -4.49. The minimum absolute atomic E-state index is 0.227. The maximum atomic E-state index is 14.8. The monoisotopic (exact) mass is 618 g/mol. The van der Waals surface area contributed by atoms with Crippen LogP contribution >= 0.6 is 15.9 Å². The molecule has 7 heteroatoms. The number of ether oxygens (including phenoxy) is 1. The van der Waals surface area contributed by atoms with Gasteiger partial charge in [0.2, 0.25) is 5.91 Å². The van der Waals surface area contributed by atoms with Gasteiger partial charge in [-0.25, -0.2) is 0 Å². The molecule has 1 amide bonds. The number of benzene rings is 4. The number of carbonyl (C=O) groups is 3. The predicted molar refractivity (Wildman–Crippen MR) is 166 cm³/mol. The van der Waals surface area contributed by atoms with E-state index < -0.39 is 23.4 Å². The van der Waals surface area contributed by atoms with E-state index in [1.165, 1.54) is 0 Å². The van der Waals surface area contributed by atoms with E-state index in [1.54, 1.807) is 43.5 Å². The fraction of sp³-hybridized carbons (Fsp3) is 0.171. The SMILES string of the molecule is COc1ccc(C(=O)[C@@H]2[C@@H](C(=O)c3ccc(Br)cc3)[C@]3(C(=O)Nc4ccccc43)[C@H]3C=C(C)c4ccccc4N23)cc1. The Morgan fingerprint density at radius 1 is 0.857 bits per heavy atom. The first-order valence-electron chi connectivity index (χ1n) is 13.8. The zero-order chi connectivity index (χ0) is 29.2. The molecule has 3 aliphatic rings. The van der Waals surface area contributed by atoms with Crippen molar-refractivity contribution >= 4 is 50.4 Å². The predicted octanol–water partition coefficient (Wildman–Crippen LogP) is 6.70. The Bertz CT molecular complexity index is 1800. The van der Waals surface area contributed by atoms with Crippen molar-refractivity contribution in [2.75, 3.05) is 17.3 Å². The van der Waals surface area contributed by atoms with Crippen LogP contribution in [-0.2, 0) is 10.2 Å². The summed E-state index contributed by atoms with van der Waals surface area (Å²) >= 11 is 3.46. The molecule has 4 atom stereocenters. The second-order valence-electron chi connectivity index (χ2n) is 11.0. The summed E-state index contributed by atoms with van der Waals surface area (Å²) in [4.78, 5) is 46.1. The van der Waals surface area contributed by atoms with Crippen LogP contribution in [0.25, 0.3) is 5.57 Å². The van der Waals surface area contributed by atoms with E-state index in [4.69, 9.17) is 4.74 Å². The molecule has 208 valence electrons. The highest BCUT2D eigenvalue weighted by atomic mass is 79.9. The summed E-state index contributed by atoms with van der Waals surface area (Å²) in [6.07, 6.45) is 2.06. The Morgan fingerprint density at radius 2 is 1.50 bits per heavy atom. The topological polar surface area (TPSA) is 75.7 Å². The number of allylic oxidation sites excluding steroid dienone is 1. The van der Waals surface area contributed by atoms with Gasteiger partial charge in [-0.2, -0.15) is 0 Å². The molecule has 6 nitrogen and oxygen atoms in total. The Morgan fingerprint density at radius 3 is 2.24 bits per heavy atom. The average Bonchev–Trinajstić information content (AvgIpc) is 3.49. The van der Waals surface area contributed by atoms with Crippen molar-refractivity contribution in [3.63, 3.8) is 0 Å². The molecule has 0 aliphatic carbocycles. The maximum Gasteiger partial charge on any atom is 0.238 e. The maximum absolute atomic E-state index is 14.8. The molecule has 4 aromatic carbocycles. The summed E-state index contributed by atoms with van der Waals surface area (Å²) in [5.74, 6) is -1.14. The summed E-state index contributed by atoms with van der Waals surface area (Å²) in [6.45, 7) is 2.02. The Labute approximate surface area is 252 Å². The van der Waals surface area contributed by atoms with Gasteiger partial charge in [-0.1, -0.05) is 70.5 Å². The molecule has 4 aromatic rings. The third-order valence-corrected chi connectivity index (χ3v) is 9.47. The van der Waals surface area contributed by atoms with Crippen molar-refractivity contribution in [2.45, 2.75) is 24.4 Å². The van der Waals surface area contributed by atoms with Gasteiger partial charge in [0.05, 0.1) is 19.1 Å². The van der Waals surface area contributed by atoms with Crippen LogP contribution in [0.1, 0.15) is 38.8 Å². The van der Waals surface area contributed by atoms with Crippen LogP contribution in [0.3, 0.4) is 0 Å².